The molecule has 2 rings (SSSR count). The minimum atomic E-state index is -2.21. The first-order valence-corrected chi connectivity index (χ1v) is 7.84. The maximum absolute atomic E-state index is 13.9. The van der Waals surface area contributed by atoms with E-state index < -0.39 is 23.1 Å². The number of ether oxygens (including phenoxy) is 1. The lowest BCUT2D eigenvalue weighted by molar-refractivity contribution is 0.0595. The molecule has 0 radical (unpaired) electrons. The lowest BCUT2D eigenvalue weighted by Crippen LogP contribution is -2.24. The van der Waals surface area contributed by atoms with Gasteiger partial charge in [-0.1, -0.05) is 36.4 Å². The normalized spacial score (nSPS) is 12.2. The Morgan fingerprint density at radius 2 is 1.83 bits per heavy atom. The molecule has 122 valence electrons. The van der Waals surface area contributed by atoms with Gasteiger partial charge in [0.25, 0.3) is 0 Å². The maximum Gasteiger partial charge on any atom is 0.340 e. The van der Waals surface area contributed by atoms with Gasteiger partial charge in [-0.25, -0.2) is 13.4 Å². The average molecular weight is 337 g/mol. The number of methoxy groups -OCH3 is 1. The third-order valence-electron chi connectivity index (χ3n) is 3.22. The molecule has 0 aromatic heterocycles. The second-order valence-corrected chi connectivity index (χ2v) is 5.80. The molecule has 0 aliphatic carbocycles. The van der Waals surface area contributed by atoms with Gasteiger partial charge in [0.2, 0.25) is 11.3 Å². The number of nitrogens with zero attached hydrogens (tertiary/aromatic N) is 1. The Morgan fingerprint density at radius 1 is 1.17 bits per heavy atom. The summed E-state index contributed by atoms with van der Waals surface area (Å²) in [4.78, 5) is 11.4. The molecule has 1 N–H and O–H groups in total. The lowest BCUT2D eigenvalue weighted by atomic mass is 10.1. The summed E-state index contributed by atoms with van der Waals surface area (Å²) < 4.78 is 40.6. The molecule has 0 bridgehead atoms. The third kappa shape index (κ3) is 4.69. The van der Waals surface area contributed by atoms with Gasteiger partial charge in [0.15, 0.2) is 0 Å². The van der Waals surface area contributed by atoms with E-state index in [1.807, 2.05) is 30.3 Å². The molecule has 0 amide bonds. The predicted molar refractivity (Wildman–Crippen MR) is 84.2 cm³/mol. The molecule has 0 saturated heterocycles. The van der Waals surface area contributed by atoms with Crippen molar-refractivity contribution < 1.29 is 22.7 Å². The Morgan fingerprint density at radius 3 is 2.39 bits per heavy atom. The first kappa shape index (κ1) is 17.3. The van der Waals surface area contributed by atoms with Crippen LogP contribution in [-0.4, -0.2) is 26.1 Å². The number of carbonyl (C=O) groups is 1. The smallest absolute Gasteiger partial charge is 0.340 e. The summed E-state index contributed by atoms with van der Waals surface area (Å²) >= 11 is -2.21. The fourth-order valence-electron chi connectivity index (χ4n) is 2.09. The van der Waals surface area contributed by atoms with Crippen molar-refractivity contribution >= 4 is 17.2 Å². The van der Waals surface area contributed by atoms with Gasteiger partial charge in [-0.15, -0.1) is 0 Å². The monoisotopic (exact) mass is 337 g/mol. The zero-order valence-electron chi connectivity index (χ0n) is 12.4. The standard InChI is InChI=1S/C16H16FNO4S/c1-22-16(19)14-8-7-13(9-15(14)17)11-18(23(20)21)10-12-5-3-2-4-6-12/h2-9H,10-11H2,1H3,(H,20,21). The molecule has 0 heterocycles. The molecular weight excluding hydrogens is 321 g/mol. The molecule has 0 aliphatic heterocycles. The van der Waals surface area contributed by atoms with E-state index in [4.69, 9.17) is 0 Å². The van der Waals surface area contributed by atoms with Crippen LogP contribution in [0.15, 0.2) is 48.5 Å². The first-order chi connectivity index (χ1) is 11.0. The van der Waals surface area contributed by atoms with Crippen LogP contribution in [0, 0.1) is 5.82 Å². The topological polar surface area (TPSA) is 66.8 Å². The summed E-state index contributed by atoms with van der Waals surface area (Å²) in [5.41, 5.74) is 1.17. The quantitative estimate of drug-likeness (QED) is 0.650. The Kier molecular flexibility index (Phi) is 5.97. The van der Waals surface area contributed by atoms with Crippen LogP contribution in [-0.2, 0) is 29.1 Å². The van der Waals surface area contributed by atoms with Crippen molar-refractivity contribution in [3.63, 3.8) is 0 Å². The Hall–Kier alpha value is -2.09. The van der Waals surface area contributed by atoms with E-state index in [2.05, 4.69) is 4.74 Å². The van der Waals surface area contributed by atoms with Gasteiger partial charge in [0.05, 0.1) is 12.7 Å². The summed E-state index contributed by atoms with van der Waals surface area (Å²) in [6.45, 7) is 0.306. The van der Waals surface area contributed by atoms with Crippen molar-refractivity contribution in [2.45, 2.75) is 13.1 Å². The number of hydrogen-bond acceptors (Lipinski definition) is 3. The van der Waals surface area contributed by atoms with E-state index in [0.29, 0.717) is 5.56 Å². The highest BCUT2D eigenvalue weighted by molar-refractivity contribution is 7.76. The second-order valence-electron chi connectivity index (χ2n) is 4.82. The van der Waals surface area contributed by atoms with Crippen LogP contribution in [0.1, 0.15) is 21.5 Å². The van der Waals surface area contributed by atoms with Crippen molar-refractivity contribution in [3.8, 4) is 0 Å². The highest BCUT2D eigenvalue weighted by atomic mass is 32.2. The summed E-state index contributed by atoms with van der Waals surface area (Å²) in [6, 6.07) is 13.2. The minimum absolute atomic E-state index is 0.0659. The molecule has 1 unspecified atom stereocenters. The van der Waals surface area contributed by atoms with Gasteiger partial charge in [0, 0.05) is 13.1 Å². The average Bonchev–Trinajstić information content (AvgIpc) is 2.54. The molecule has 2 aromatic carbocycles. The fourth-order valence-corrected chi connectivity index (χ4v) is 2.61. The van der Waals surface area contributed by atoms with Crippen LogP contribution in [0.5, 0.6) is 0 Å². The van der Waals surface area contributed by atoms with Crippen LogP contribution < -0.4 is 0 Å². The van der Waals surface area contributed by atoms with Crippen molar-refractivity contribution in [1.82, 2.24) is 4.31 Å². The minimum Gasteiger partial charge on any atom is -0.465 e. The molecule has 0 aliphatic rings. The van der Waals surface area contributed by atoms with E-state index in [1.165, 1.54) is 23.5 Å². The highest BCUT2D eigenvalue weighted by Crippen LogP contribution is 2.16. The van der Waals surface area contributed by atoms with E-state index >= 15 is 0 Å². The van der Waals surface area contributed by atoms with Crippen molar-refractivity contribution in [2.24, 2.45) is 0 Å². The largest absolute Gasteiger partial charge is 0.465 e. The zero-order chi connectivity index (χ0) is 16.8. The van der Waals surface area contributed by atoms with E-state index in [0.717, 1.165) is 11.6 Å². The highest BCUT2D eigenvalue weighted by Gasteiger charge is 2.16. The van der Waals surface area contributed by atoms with Gasteiger partial charge in [0.1, 0.15) is 5.82 Å². The van der Waals surface area contributed by atoms with E-state index in [1.54, 1.807) is 0 Å². The van der Waals surface area contributed by atoms with Crippen LogP contribution in [0.4, 0.5) is 4.39 Å². The SMILES string of the molecule is COC(=O)c1ccc(CN(Cc2ccccc2)S(=O)O)cc1F. The van der Waals surface area contributed by atoms with Gasteiger partial charge in [-0.2, -0.15) is 4.31 Å². The predicted octanol–water partition coefficient (Wildman–Crippen LogP) is 2.75. The van der Waals surface area contributed by atoms with Crippen LogP contribution in [0.25, 0.3) is 0 Å². The molecule has 1 atom stereocenters. The number of esters is 1. The number of rotatable bonds is 6. The maximum atomic E-state index is 13.9. The fraction of sp³-hybridized carbons (Fsp3) is 0.188. The van der Waals surface area contributed by atoms with Crippen LogP contribution in [0.2, 0.25) is 0 Å². The number of halogens is 1. The third-order valence-corrected chi connectivity index (χ3v) is 3.92. The molecule has 5 nitrogen and oxygen atoms in total. The molecular formula is C16H16FNO4S. The molecule has 7 heteroatoms. The summed E-state index contributed by atoms with van der Waals surface area (Å²) in [7, 11) is 1.17. The number of carbonyl (C=O) groups excluding carboxylic acids is 1. The Bertz CT molecular complexity index is 708. The van der Waals surface area contributed by atoms with Crippen molar-refractivity contribution in [1.29, 1.82) is 0 Å². The number of hydrogen-bond donors (Lipinski definition) is 1. The van der Waals surface area contributed by atoms with Gasteiger partial charge in [-0.3, -0.25) is 4.55 Å². The first-order valence-electron chi connectivity index (χ1n) is 6.78. The van der Waals surface area contributed by atoms with Gasteiger partial charge < -0.3 is 4.74 Å². The van der Waals surface area contributed by atoms with Crippen molar-refractivity contribution in [3.05, 3.63) is 71.0 Å². The van der Waals surface area contributed by atoms with Gasteiger partial charge in [-0.05, 0) is 23.3 Å². The molecule has 0 saturated carbocycles. The summed E-state index contributed by atoms with van der Waals surface area (Å²) in [5.74, 6) is -1.49. The van der Waals surface area contributed by atoms with Crippen LogP contribution >= 0.6 is 0 Å². The molecule has 0 spiro atoms. The molecule has 0 fully saturated rings. The summed E-state index contributed by atoms with van der Waals surface area (Å²) in [5, 5.41) is 0. The Labute approximate surface area is 136 Å². The summed E-state index contributed by atoms with van der Waals surface area (Å²) in [6.07, 6.45) is 0. The van der Waals surface area contributed by atoms with E-state index in [9.17, 15) is 17.9 Å². The lowest BCUT2D eigenvalue weighted by Gasteiger charge is -2.18. The molecule has 23 heavy (non-hydrogen) atoms. The van der Waals surface area contributed by atoms with Gasteiger partial charge >= 0.3 is 5.97 Å². The second kappa shape index (κ2) is 7.96. The zero-order valence-corrected chi connectivity index (χ0v) is 13.3. The Balaban J connectivity index is 2.16. The van der Waals surface area contributed by atoms with Crippen molar-refractivity contribution in [2.75, 3.05) is 7.11 Å². The van der Waals surface area contributed by atoms with E-state index in [-0.39, 0.29) is 18.7 Å². The van der Waals surface area contributed by atoms with Crippen LogP contribution in [0.3, 0.4) is 0 Å². The molecule has 2 aromatic rings. The number of benzene rings is 2.